The second kappa shape index (κ2) is 10.5. The van der Waals surface area contributed by atoms with E-state index in [4.69, 9.17) is 4.98 Å². The smallest absolute Gasteiger partial charge is 0.0607 e. The van der Waals surface area contributed by atoms with Gasteiger partial charge in [-0.05, 0) is 88.3 Å². The summed E-state index contributed by atoms with van der Waals surface area (Å²) in [6.45, 7) is 6.86. The molecule has 5 nitrogen and oxygen atoms in total. The maximum atomic E-state index is 4.77. The van der Waals surface area contributed by atoms with E-state index >= 15 is 0 Å². The first-order valence-electron chi connectivity index (χ1n) is 13.1. The topological polar surface area (TPSA) is 34.6 Å². The molecule has 0 spiro atoms. The number of benzene rings is 1. The highest BCUT2D eigenvalue weighted by atomic mass is 15.2. The van der Waals surface area contributed by atoms with E-state index in [1.165, 1.54) is 55.5 Å². The van der Waals surface area contributed by atoms with Crippen molar-refractivity contribution in [3.05, 3.63) is 59.4 Å². The van der Waals surface area contributed by atoms with Gasteiger partial charge in [0.1, 0.15) is 0 Å². The summed E-state index contributed by atoms with van der Waals surface area (Å²) in [7, 11) is 4.54. The molecule has 33 heavy (non-hydrogen) atoms. The van der Waals surface area contributed by atoms with Gasteiger partial charge in [-0.3, -0.25) is 9.88 Å². The standard InChI is InChI=1S/C28H41N5/c1-31-15-17-33(18-16-31)26-10-4-3-7-24(26)19-22-12-14-29-25(20-22)21-32(2)27-11-5-8-23-9-6-13-30-28(23)27/h3-4,6-7,9-10,13,22,25,27,29H,5,8,11-12,14-21H2,1-2H3. The molecule has 2 saturated heterocycles. The van der Waals surface area contributed by atoms with Gasteiger partial charge >= 0.3 is 0 Å². The first-order chi connectivity index (χ1) is 16.2. The lowest BCUT2D eigenvalue weighted by Gasteiger charge is -2.38. The molecule has 1 aromatic carbocycles. The number of nitrogens with one attached hydrogen (secondary N) is 1. The third-order valence-electron chi connectivity index (χ3n) is 8.15. The van der Waals surface area contributed by atoms with Gasteiger partial charge in [0, 0.05) is 50.6 Å². The Kier molecular flexibility index (Phi) is 7.29. The maximum absolute atomic E-state index is 4.77. The van der Waals surface area contributed by atoms with E-state index in [0.717, 1.165) is 45.2 Å². The fourth-order valence-electron chi connectivity index (χ4n) is 6.26. The summed E-state index contributed by atoms with van der Waals surface area (Å²) in [5.41, 5.74) is 5.80. The average molecular weight is 448 g/mol. The Morgan fingerprint density at radius 3 is 2.79 bits per heavy atom. The summed E-state index contributed by atoms with van der Waals surface area (Å²) in [6, 6.07) is 14.6. The molecule has 5 rings (SSSR count). The Morgan fingerprint density at radius 1 is 1.06 bits per heavy atom. The summed E-state index contributed by atoms with van der Waals surface area (Å²) < 4.78 is 0. The molecule has 0 amide bonds. The normalized spacial score (nSPS) is 26.4. The van der Waals surface area contributed by atoms with Crippen molar-refractivity contribution in [1.29, 1.82) is 0 Å². The summed E-state index contributed by atoms with van der Waals surface area (Å²) >= 11 is 0. The molecule has 178 valence electrons. The number of piperazine rings is 1. The van der Waals surface area contributed by atoms with E-state index in [1.807, 2.05) is 6.20 Å². The molecule has 1 aromatic heterocycles. The average Bonchev–Trinajstić information content (AvgIpc) is 2.85. The van der Waals surface area contributed by atoms with Crippen LogP contribution < -0.4 is 10.2 Å². The number of rotatable bonds is 6. The number of likely N-dealkylation sites (N-methyl/N-ethyl adjacent to an activating group) is 2. The molecule has 2 aliphatic heterocycles. The number of aromatic nitrogens is 1. The third kappa shape index (κ3) is 5.42. The van der Waals surface area contributed by atoms with Crippen LogP contribution in [0.2, 0.25) is 0 Å². The van der Waals surface area contributed by atoms with Crippen LogP contribution in [0.25, 0.3) is 0 Å². The van der Waals surface area contributed by atoms with Gasteiger partial charge in [0.05, 0.1) is 11.7 Å². The Labute approximate surface area is 200 Å². The van der Waals surface area contributed by atoms with Crippen molar-refractivity contribution in [2.75, 3.05) is 58.3 Å². The Bertz CT molecular complexity index is 907. The minimum atomic E-state index is 0.468. The Hall–Kier alpha value is -1.95. The number of piperidine rings is 1. The van der Waals surface area contributed by atoms with E-state index in [2.05, 4.69) is 70.5 Å². The largest absolute Gasteiger partial charge is 0.369 e. The van der Waals surface area contributed by atoms with Gasteiger partial charge in [-0.15, -0.1) is 0 Å². The van der Waals surface area contributed by atoms with Crippen LogP contribution in [0, 0.1) is 5.92 Å². The summed E-state index contributed by atoms with van der Waals surface area (Å²) in [6.07, 6.45) is 9.42. The van der Waals surface area contributed by atoms with E-state index in [0.29, 0.717) is 12.1 Å². The van der Waals surface area contributed by atoms with Gasteiger partial charge in [-0.2, -0.15) is 0 Å². The van der Waals surface area contributed by atoms with Crippen LogP contribution in [-0.4, -0.2) is 74.2 Å². The molecule has 1 N–H and O–H groups in total. The highest BCUT2D eigenvalue weighted by Gasteiger charge is 2.29. The molecule has 2 aromatic rings. The zero-order valence-electron chi connectivity index (χ0n) is 20.5. The molecule has 0 radical (unpaired) electrons. The van der Waals surface area contributed by atoms with Crippen LogP contribution in [0.3, 0.4) is 0 Å². The zero-order chi connectivity index (χ0) is 22.6. The predicted octanol–water partition coefficient (Wildman–Crippen LogP) is 3.75. The van der Waals surface area contributed by atoms with Gasteiger partial charge in [-0.1, -0.05) is 24.3 Å². The van der Waals surface area contributed by atoms with Crippen molar-refractivity contribution in [3.63, 3.8) is 0 Å². The molecular weight excluding hydrogens is 406 g/mol. The SMILES string of the molecule is CN1CCN(c2ccccc2CC2CCNC(CN(C)C3CCCc4cccnc43)C2)CC1. The monoisotopic (exact) mass is 447 g/mol. The van der Waals surface area contributed by atoms with Gasteiger partial charge in [0.25, 0.3) is 0 Å². The molecule has 0 saturated carbocycles. The van der Waals surface area contributed by atoms with Crippen molar-refractivity contribution in [2.45, 2.75) is 50.6 Å². The lowest BCUT2D eigenvalue weighted by atomic mass is 9.85. The molecular formula is C28H41N5. The van der Waals surface area contributed by atoms with Crippen molar-refractivity contribution in [3.8, 4) is 0 Å². The number of hydrogen-bond donors (Lipinski definition) is 1. The van der Waals surface area contributed by atoms with E-state index < -0.39 is 0 Å². The number of fused-ring (bicyclic) bond motifs is 1. The second-order valence-electron chi connectivity index (χ2n) is 10.6. The highest BCUT2D eigenvalue weighted by molar-refractivity contribution is 5.54. The third-order valence-corrected chi connectivity index (χ3v) is 8.15. The minimum absolute atomic E-state index is 0.468. The summed E-state index contributed by atoms with van der Waals surface area (Å²) in [5.74, 6) is 0.759. The van der Waals surface area contributed by atoms with Gasteiger partial charge in [0.2, 0.25) is 0 Å². The zero-order valence-corrected chi connectivity index (χ0v) is 20.5. The first kappa shape index (κ1) is 22.8. The van der Waals surface area contributed by atoms with Gasteiger partial charge in [-0.25, -0.2) is 0 Å². The number of para-hydroxylation sites is 1. The molecule has 0 bridgehead atoms. The van der Waals surface area contributed by atoms with Crippen molar-refractivity contribution < 1.29 is 0 Å². The molecule has 3 aliphatic rings. The lowest BCUT2D eigenvalue weighted by Crippen LogP contribution is -2.46. The van der Waals surface area contributed by atoms with Gasteiger partial charge in [0.15, 0.2) is 0 Å². The van der Waals surface area contributed by atoms with Gasteiger partial charge < -0.3 is 15.1 Å². The minimum Gasteiger partial charge on any atom is -0.369 e. The van der Waals surface area contributed by atoms with Crippen LogP contribution in [0.4, 0.5) is 5.69 Å². The lowest BCUT2D eigenvalue weighted by molar-refractivity contribution is 0.169. The van der Waals surface area contributed by atoms with Crippen LogP contribution >= 0.6 is 0 Å². The quantitative estimate of drug-likeness (QED) is 0.730. The molecule has 5 heteroatoms. The van der Waals surface area contributed by atoms with Crippen molar-refractivity contribution >= 4 is 5.69 Å². The Morgan fingerprint density at radius 2 is 1.91 bits per heavy atom. The van der Waals surface area contributed by atoms with E-state index in [1.54, 1.807) is 5.56 Å². The molecule has 3 unspecified atom stereocenters. The van der Waals surface area contributed by atoms with E-state index in [9.17, 15) is 0 Å². The number of hydrogen-bond acceptors (Lipinski definition) is 5. The first-order valence-corrected chi connectivity index (χ1v) is 13.1. The van der Waals surface area contributed by atoms with Crippen LogP contribution in [0.5, 0.6) is 0 Å². The highest BCUT2D eigenvalue weighted by Crippen LogP contribution is 2.33. The van der Waals surface area contributed by atoms with E-state index in [-0.39, 0.29) is 0 Å². The second-order valence-corrected chi connectivity index (χ2v) is 10.6. The Balaban J connectivity index is 1.21. The fraction of sp³-hybridized carbons (Fsp3) is 0.607. The van der Waals surface area contributed by atoms with Crippen LogP contribution in [-0.2, 0) is 12.8 Å². The number of anilines is 1. The molecule has 3 heterocycles. The van der Waals surface area contributed by atoms with Crippen molar-refractivity contribution in [1.82, 2.24) is 20.1 Å². The molecule has 2 fully saturated rings. The number of pyridine rings is 1. The van der Waals surface area contributed by atoms with Crippen LogP contribution in [0.15, 0.2) is 42.6 Å². The fourth-order valence-corrected chi connectivity index (χ4v) is 6.26. The summed E-state index contributed by atoms with van der Waals surface area (Å²) in [5, 5.41) is 3.83. The number of nitrogens with zero attached hydrogens (tertiary/aromatic N) is 4. The molecule has 1 aliphatic carbocycles. The molecule has 3 atom stereocenters. The van der Waals surface area contributed by atoms with Crippen LogP contribution in [0.1, 0.15) is 48.5 Å². The predicted molar refractivity (Wildman–Crippen MR) is 137 cm³/mol. The maximum Gasteiger partial charge on any atom is 0.0607 e. The van der Waals surface area contributed by atoms with Crippen molar-refractivity contribution in [2.24, 2.45) is 5.92 Å². The number of aryl methyl sites for hydroxylation is 1. The summed E-state index contributed by atoms with van der Waals surface area (Å²) in [4.78, 5) is 12.4.